The van der Waals surface area contributed by atoms with Gasteiger partial charge in [-0.15, -0.1) is 0 Å². The number of allylic oxidation sites excluding steroid dienone is 2. The van der Waals surface area contributed by atoms with Crippen LogP contribution < -0.4 is 5.32 Å². The molecular weight excluding hydrogens is 378 g/mol. The van der Waals surface area contributed by atoms with Crippen molar-refractivity contribution < 1.29 is 19.1 Å². The SMILES string of the molecule is C=CSC(CN1CC[C@@](C)(OC(=O)C2=C(C)NC(C)=C(C(=O)OC)C2)C1)=NC. The van der Waals surface area contributed by atoms with E-state index in [0.717, 1.165) is 18.0 Å². The molecule has 0 bridgehead atoms. The fraction of sp³-hybridized carbons (Fsp3) is 0.550. The summed E-state index contributed by atoms with van der Waals surface area (Å²) in [7, 11) is 3.10. The van der Waals surface area contributed by atoms with Gasteiger partial charge < -0.3 is 14.8 Å². The molecule has 0 aromatic rings. The third-order valence-electron chi connectivity index (χ3n) is 4.99. The van der Waals surface area contributed by atoms with Crippen LogP contribution in [0.2, 0.25) is 0 Å². The van der Waals surface area contributed by atoms with Gasteiger partial charge in [0.25, 0.3) is 0 Å². The summed E-state index contributed by atoms with van der Waals surface area (Å²) in [5.41, 5.74) is 1.73. The number of thioether (sulfide) groups is 1. The lowest BCUT2D eigenvalue weighted by Crippen LogP contribution is -2.38. The maximum Gasteiger partial charge on any atom is 0.336 e. The second-order valence-corrected chi connectivity index (χ2v) is 8.24. The van der Waals surface area contributed by atoms with Gasteiger partial charge in [-0.3, -0.25) is 9.89 Å². The van der Waals surface area contributed by atoms with E-state index in [9.17, 15) is 9.59 Å². The molecular formula is C20H29N3O4S. The van der Waals surface area contributed by atoms with Crippen LogP contribution >= 0.6 is 11.8 Å². The molecule has 154 valence electrons. The molecule has 8 heteroatoms. The van der Waals surface area contributed by atoms with E-state index in [0.29, 0.717) is 35.6 Å². The first-order valence-electron chi connectivity index (χ1n) is 9.16. The maximum atomic E-state index is 12.9. The molecule has 1 fully saturated rings. The Morgan fingerprint density at radius 3 is 2.54 bits per heavy atom. The van der Waals surface area contributed by atoms with Crippen LogP contribution in [0.25, 0.3) is 0 Å². The van der Waals surface area contributed by atoms with Gasteiger partial charge in [-0.2, -0.15) is 0 Å². The zero-order valence-corrected chi connectivity index (χ0v) is 18.1. The van der Waals surface area contributed by atoms with Crippen molar-refractivity contribution in [2.45, 2.75) is 39.2 Å². The molecule has 2 heterocycles. The molecule has 2 rings (SSSR count). The Labute approximate surface area is 170 Å². The van der Waals surface area contributed by atoms with Crippen LogP contribution in [0.4, 0.5) is 0 Å². The normalized spacial score (nSPS) is 23.5. The van der Waals surface area contributed by atoms with Crippen molar-refractivity contribution in [2.75, 3.05) is 33.8 Å². The van der Waals surface area contributed by atoms with Gasteiger partial charge in [-0.1, -0.05) is 18.3 Å². The Hall–Kier alpha value is -2.06. The summed E-state index contributed by atoms with van der Waals surface area (Å²) < 4.78 is 10.7. The standard InChI is InChI=1S/C20H29N3O4S/c1-7-28-17(21-5)11-23-9-8-20(4,12-23)27-19(25)16-10-15(18(24)26-6)13(2)22-14(16)3/h7,22H,1,8-12H2,2-6H3/t20-/m1/s1. The largest absolute Gasteiger partial charge is 0.466 e. The number of nitrogens with one attached hydrogen (secondary N) is 1. The van der Waals surface area contributed by atoms with Crippen LogP contribution in [0, 0.1) is 0 Å². The number of likely N-dealkylation sites (tertiary alicyclic amines) is 1. The quantitative estimate of drug-likeness (QED) is 0.412. The molecule has 0 saturated carbocycles. The Morgan fingerprint density at radius 1 is 1.32 bits per heavy atom. The van der Waals surface area contributed by atoms with Crippen LogP contribution in [0.3, 0.4) is 0 Å². The predicted octanol–water partition coefficient (Wildman–Crippen LogP) is 2.61. The lowest BCUT2D eigenvalue weighted by molar-refractivity contribution is -0.152. The average molecular weight is 408 g/mol. The first kappa shape index (κ1) is 22.2. The molecule has 28 heavy (non-hydrogen) atoms. The Balaban J connectivity index is 2.03. The van der Waals surface area contributed by atoms with E-state index in [1.807, 2.05) is 13.8 Å². The van der Waals surface area contributed by atoms with Crippen molar-refractivity contribution in [1.29, 1.82) is 0 Å². The lowest BCUT2D eigenvalue weighted by atomic mass is 9.97. The highest BCUT2D eigenvalue weighted by atomic mass is 32.2. The Bertz CT molecular complexity index is 757. The molecule has 2 aliphatic heterocycles. The summed E-state index contributed by atoms with van der Waals surface area (Å²) >= 11 is 1.51. The van der Waals surface area contributed by atoms with Crippen molar-refractivity contribution in [3.8, 4) is 0 Å². The Kier molecular flexibility index (Phi) is 7.48. The van der Waals surface area contributed by atoms with E-state index in [1.54, 1.807) is 19.4 Å². The predicted molar refractivity (Wildman–Crippen MR) is 112 cm³/mol. The van der Waals surface area contributed by atoms with Gasteiger partial charge in [0, 0.05) is 50.9 Å². The molecule has 0 unspecified atom stereocenters. The first-order chi connectivity index (χ1) is 13.2. The minimum atomic E-state index is -0.580. The molecule has 0 aromatic carbocycles. The molecule has 1 N–H and O–H groups in total. The zero-order valence-electron chi connectivity index (χ0n) is 17.3. The van der Waals surface area contributed by atoms with E-state index < -0.39 is 17.5 Å². The van der Waals surface area contributed by atoms with Crippen LogP contribution in [0.5, 0.6) is 0 Å². The van der Waals surface area contributed by atoms with Crippen molar-refractivity contribution in [3.63, 3.8) is 0 Å². The van der Waals surface area contributed by atoms with Crippen molar-refractivity contribution in [1.82, 2.24) is 10.2 Å². The van der Waals surface area contributed by atoms with Crippen LogP contribution in [0.15, 0.2) is 39.5 Å². The summed E-state index contributed by atoms with van der Waals surface area (Å²) in [4.78, 5) is 31.3. The first-order valence-corrected chi connectivity index (χ1v) is 10.0. The van der Waals surface area contributed by atoms with Crippen LogP contribution in [-0.2, 0) is 19.1 Å². The monoisotopic (exact) mass is 407 g/mol. The van der Waals surface area contributed by atoms with Crippen molar-refractivity contribution >= 4 is 28.7 Å². The summed E-state index contributed by atoms with van der Waals surface area (Å²) in [5.74, 6) is -0.833. The maximum absolute atomic E-state index is 12.9. The second-order valence-electron chi connectivity index (χ2n) is 7.20. The van der Waals surface area contributed by atoms with Crippen LogP contribution in [-0.4, -0.2) is 61.3 Å². The fourth-order valence-electron chi connectivity index (χ4n) is 3.43. The number of dihydropyridines is 1. The van der Waals surface area contributed by atoms with Gasteiger partial charge in [0.2, 0.25) is 0 Å². The van der Waals surface area contributed by atoms with Gasteiger partial charge in [0.1, 0.15) is 5.60 Å². The van der Waals surface area contributed by atoms with Crippen molar-refractivity contribution in [2.24, 2.45) is 4.99 Å². The minimum Gasteiger partial charge on any atom is -0.466 e. The van der Waals surface area contributed by atoms with Crippen LogP contribution in [0.1, 0.15) is 33.6 Å². The molecule has 0 amide bonds. The van der Waals surface area contributed by atoms with Crippen molar-refractivity contribution in [3.05, 3.63) is 34.5 Å². The number of nitrogens with zero attached hydrogens (tertiary/aromatic N) is 2. The minimum absolute atomic E-state index is 0.207. The smallest absolute Gasteiger partial charge is 0.336 e. The molecule has 2 aliphatic rings. The topological polar surface area (TPSA) is 80.2 Å². The molecule has 7 nitrogen and oxygen atoms in total. The highest BCUT2D eigenvalue weighted by Crippen LogP contribution is 2.30. The van der Waals surface area contributed by atoms with E-state index in [-0.39, 0.29) is 6.42 Å². The number of hydrogen-bond acceptors (Lipinski definition) is 8. The van der Waals surface area contributed by atoms with Gasteiger partial charge in [-0.25, -0.2) is 9.59 Å². The number of methoxy groups -OCH3 is 1. The lowest BCUT2D eigenvalue weighted by Gasteiger charge is -2.28. The Morgan fingerprint density at radius 2 is 1.96 bits per heavy atom. The molecule has 1 saturated heterocycles. The number of carbonyl (C=O) groups is 2. The average Bonchev–Trinajstić information content (AvgIpc) is 3.00. The second kappa shape index (κ2) is 9.43. The summed E-state index contributed by atoms with van der Waals surface area (Å²) in [6.45, 7) is 11.4. The van der Waals surface area contributed by atoms with Gasteiger partial charge in [-0.05, 0) is 26.2 Å². The summed E-state index contributed by atoms with van der Waals surface area (Å²) in [6, 6.07) is 0. The van der Waals surface area contributed by atoms with E-state index >= 15 is 0 Å². The highest BCUT2D eigenvalue weighted by Gasteiger charge is 2.39. The number of aliphatic imine (C=N–C) groups is 1. The number of carbonyl (C=O) groups excluding carboxylic acids is 2. The number of esters is 2. The number of rotatable bonds is 6. The molecule has 1 atom stereocenters. The van der Waals surface area contributed by atoms with E-state index in [1.165, 1.54) is 18.9 Å². The molecule has 0 spiro atoms. The number of ether oxygens (including phenoxy) is 2. The van der Waals surface area contributed by atoms with E-state index in [2.05, 4.69) is 21.8 Å². The van der Waals surface area contributed by atoms with E-state index in [4.69, 9.17) is 9.47 Å². The van der Waals surface area contributed by atoms with Gasteiger partial charge >= 0.3 is 11.9 Å². The summed E-state index contributed by atoms with van der Waals surface area (Å²) in [6.07, 6.45) is 0.950. The third-order valence-corrected chi connectivity index (χ3v) is 5.74. The van der Waals surface area contributed by atoms with Gasteiger partial charge in [0.05, 0.1) is 23.3 Å². The molecule has 0 aliphatic carbocycles. The zero-order chi connectivity index (χ0) is 20.9. The van der Waals surface area contributed by atoms with Gasteiger partial charge in [0.15, 0.2) is 0 Å². The third kappa shape index (κ3) is 5.26. The molecule has 0 aromatic heterocycles. The number of hydrogen-bond donors (Lipinski definition) is 1. The highest BCUT2D eigenvalue weighted by molar-refractivity contribution is 8.16. The summed E-state index contributed by atoms with van der Waals surface area (Å²) in [5, 5.41) is 5.83. The fourth-order valence-corrected chi connectivity index (χ4v) is 3.98. The molecule has 0 radical (unpaired) electrons.